The molecule has 1 N–H and O–H groups in total. The Labute approximate surface area is 89.2 Å². The summed E-state index contributed by atoms with van der Waals surface area (Å²) in [5.41, 5.74) is 3.02. The number of hydrogen-bond donors (Lipinski definition) is 1. The lowest BCUT2D eigenvalue weighted by Crippen LogP contribution is -1.95. The molecular weight excluding hydrogens is 186 g/mol. The molecule has 1 aromatic carbocycles. The average molecular weight is 199 g/mol. The van der Waals surface area contributed by atoms with Crippen LogP contribution in [0.4, 0.5) is 5.69 Å². The largest absolute Gasteiger partial charge is 0.463 e. The first-order valence-corrected chi connectivity index (χ1v) is 4.82. The van der Waals surface area contributed by atoms with Gasteiger partial charge >= 0.3 is 0 Å². The highest BCUT2D eigenvalue weighted by atomic mass is 16.3. The molecule has 76 valence electrons. The standard InChI is InChI=1S/C13H13NO/c1-10-5-7-12(8-6-10)14-11(2)13-4-3-9-15-13/h3-9,14H,2H2,1H3. The first kappa shape index (κ1) is 9.59. The van der Waals surface area contributed by atoms with Crippen LogP contribution in [-0.2, 0) is 0 Å². The van der Waals surface area contributed by atoms with Gasteiger partial charge in [0.2, 0.25) is 0 Å². The van der Waals surface area contributed by atoms with Crippen LogP contribution in [0.25, 0.3) is 5.70 Å². The van der Waals surface area contributed by atoms with Crippen LogP contribution in [-0.4, -0.2) is 0 Å². The zero-order chi connectivity index (χ0) is 10.7. The molecule has 1 aromatic heterocycles. The number of benzene rings is 1. The second-order valence-corrected chi connectivity index (χ2v) is 3.45. The van der Waals surface area contributed by atoms with E-state index in [9.17, 15) is 0 Å². The van der Waals surface area contributed by atoms with E-state index in [1.807, 2.05) is 24.3 Å². The van der Waals surface area contributed by atoms with Gasteiger partial charge in [-0.2, -0.15) is 0 Å². The molecule has 0 atom stereocenters. The lowest BCUT2D eigenvalue weighted by Gasteiger charge is -2.07. The molecule has 0 aliphatic rings. The van der Waals surface area contributed by atoms with Crippen LogP contribution in [0.2, 0.25) is 0 Å². The summed E-state index contributed by atoms with van der Waals surface area (Å²) in [6.45, 7) is 5.97. The molecule has 15 heavy (non-hydrogen) atoms. The Kier molecular flexibility index (Phi) is 2.59. The summed E-state index contributed by atoms with van der Waals surface area (Å²) in [5, 5.41) is 3.18. The second-order valence-electron chi connectivity index (χ2n) is 3.45. The number of anilines is 1. The van der Waals surface area contributed by atoms with Crippen LogP contribution in [0.1, 0.15) is 11.3 Å². The Morgan fingerprint density at radius 1 is 1.20 bits per heavy atom. The van der Waals surface area contributed by atoms with Crippen molar-refractivity contribution in [2.75, 3.05) is 5.32 Å². The van der Waals surface area contributed by atoms with Crippen LogP contribution in [0, 0.1) is 6.92 Å². The van der Waals surface area contributed by atoms with Gasteiger partial charge in [-0.25, -0.2) is 0 Å². The van der Waals surface area contributed by atoms with E-state index in [2.05, 4.69) is 31.0 Å². The number of nitrogens with one attached hydrogen (secondary N) is 1. The van der Waals surface area contributed by atoms with Crippen molar-refractivity contribution in [2.24, 2.45) is 0 Å². The van der Waals surface area contributed by atoms with Crippen LogP contribution in [0.5, 0.6) is 0 Å². The third kappa shape index (κ3) is 2.29. The van der Waals surface area contributed by atoms with Gasteiger partial charge in [-0.1, -0.05) is 24.3 Å². The van der Waals surface area contributed by atoms with E-state index in [-0.39, 0.29) is 0 Å². The Bertz CT molecular complexity index is 440. The van der Waals surface area contributed by atoms with E-state index < -0.39 is 0 Å². The molecule has 2 heteroatoms. The molecule has 2 rings (SSSR count). The van der Waals surface area contributed by atoms with Gasteiger partial charge in [-0.3, -0.25) is 0 Å². The highest BCUT2D eigenvalue weighted by Crippen LogP contribution is 2.17. The van der Waals surface area contributed by atoms with Crippen LogP contribution < -0.4 is 5.32 Å². The van der Waals surface area contributed by atoms with E-state index >= 15 is 0 Å². The van der Waals surface area contributed by atoms with E-state index in [1.54, 1.807) is 6.26 Å². The average Bonchev–Trinajstić information content (AvgIpc) is 2.74. The van der Waals surface area contributed by atoms with E-state index in [4.69, 9.17) is 4.42 Å². The first-order valence-electron chi connectivity index (χ1n) is 4.82. The monoisotopic (exact) mass is 199 g/mol. The highest BCUT2D eigenvalue weighted by Gasteiger charge is 2.01. The van der Waals surface area contributed by atoms with Gasteiger partial charge in [-0.15, -0.1) is 0 Å². The maximum absolute atomic E-state index is 5.23. The van der Waals surface area contributed by atoms with Crippen LogP contribution in [0.15, 0.2) is 53.7 Å². The van der Waals surface area contributed by atoms with E-state index in [0.717, 1.165) is 17.1 Å². The third-order valence-electron chi connectivity index (χ3n) is 2.17. The van der Waals surface area contributed by atoms with Gasteiger partial charge in [0, 0.05) is 5.69 Å². The van der Waals surface area contributed by atoms with Crippen molar-refractivity contribution < 1.29 is 4.42 Å². The van der Waals surface area contributed by atoms with Gasteiger partial charge in [-0.05, 0) is 31.2 Å². The smallest absolute Gasteiger partial charge is 0.149 e. The fourth-order valence-corrected chi connectivity index (χ4v) is 1.32. The lowest BCUT2D eigenvalue weighted by atomic mass is 10.2. The van der Waals surface area contributed by atoms with Crippen molar-refractivity contribution in [3.05, 3.63) is 60.6 Å². The predicted molar refractivity (Wildman–Crippen MR) is 62.5 cm³/mol. The minimum atomic E-state index is 0.760. The zero-order valence-corrected chi connectivity index (χ0v) is 8.66. The molecule has 2 nitrogen and oxygen atoms in total. The molecule has 1 heterocycles. The van der Waals surface area contributed by atoms with Crippen molar-refractivity contribution in [3.63, 3.8) is 0 Å². The maximum atomic E-state index is 5.23. The van der Waals surface area contributed by atoms with Crippen molar-refractivity contribution in [3.8, 4) is 0 Å². The molecule has 0 amide bonds. The Balaban J connectivity index is 2.09. The predicted octanol–water partition coefficient (Wildman–Crippen LogP) is 3.67. The molecule has 0 aliphatic carbocycles. The van der Waals surface area contributed by atoms with Crippen LogP contribution >= 0.6 is 0 Å². The van der Waals surface area contributed by atoms with Gasteiger partial charge < -0.3 is 9.73 Å². The summed E-state index contributed by atoms with van der Waals surface area (Å²) in [5.74, 6) is 0.760. The van der Waals surface area contributed by atoms with Crippen molar-refractivity contribution in [1.29, 1.82) is 0 Å². The molecule has 0 saturated carbocycles. The quantitative estimate of drug-likeness (QED) is 0.815. The molecule has 0 saturated heterocycles. The third-order valence-corrected chi connectivity index (χ3v) is 2.17. The fourth-order valence-electron chi connectivity index (χ4n) is 1.32. The number of rotatable bonds is 3. The molecule has 0 radical (unpaired) electrons. The number of hydrogen-bond acceptors (Lipinski definition) is 2. The lowest BCUT2D eigenvalue weighted by molar-refractivity contribution is 0.553. The summed E-state index contributed by atoms with van der Waals surface area (Å²) in [7, 11) is 0. The zero-order valence-electron chi connectivity index (χ0n) is 8.66. The van der Waals surface area contributed by atoms with Crippen LogP contribution in [0.3, 0.4) is 0 Å². The first-order chi connectivity index (χ1) is 7.25. The maximum Gasteiger partial charge on any atom is 0.149 e. The highest BCUT2D eigenvalue weighted by molar-refractivity contribution is 5.72. The van der Waals surface area contributed by atoms with E-state index in [1.165, 1.54) is 5.56 Å². The SMILES string of the molecule is C=C(Nc1ccc(C)cc1)c1ccco1. The number of aryl methyl sites for hydroxylation is 1. The summed E-state index contributed by atoms with van der Waals surface area (Å²) in [6, 6.07) is 11.9. The van der Waals surface area contributed by atoms with Gasteiger partial charge in [0.15, 0.2) is 0 Å². The fraction of sp³-hybridized carbons (Fsp3) is 0.0769. The molecule has 0 aliphatic heterocycles. The summed E-state index contributed by atoms with van der Waals surface area (Å²) in [4.78, 5) is 0. The number of furan rings is 1. The van der Waals surface area contributed by atoms with Gasteiger partial charge in [0.05, 0.1) is 12.0 Å². The normalized spacial score (nSPS) is 9.93. The Hall–Kier alpha value is -1.96. The van der Waals surface area contributed by atoms with Crippen molar-refractivity contribution in [1.82, 2.24) is 0 Å². The molecule has 2 aromatic rings. The van der Waals surface area contributed by atoms with E-state index in [0.29, 0.717) is 0 Å². The van der Waals surface area contributed by atoms with Crippen molar-refractivity contribution in [2.45, 2.75) is 6.92 Å². The second kappa shape index (κ2) is 4.05. The summed E-state index contributed by atoms with van der Waals surface area (Å²) in [6.07, 6.45) is 1.64. The Morgan fingerprint density at radius 2 is 1.93 bits per heavy atom. The summed E-state index contributed by atoms with van der Waals surface area (Å²) >= 11 is 0. The molecule has 0 bridgehead atoms. The van der Waals surface area contributed by atoms with Gasteiger partial charge in [0.25, 0.3) is 0 Å². The molecule has 0 unspecified atom stereocenters. The van der Waals surface area contributed by atoms with Crippen molar-refractivity contribution >= 4 is 11.4 Å². The summed E-state index contributed by atoms with van der Waals surface area (Å²) < 4.78 is 5.23. The minimum Gasteiger partial charge on any atom is -0.463 e. The topological polar surface area (TPSA) is 25.2 Å². The van der Waals surface area contributed by atoms with Gasteiger partial charge in [0.1, 0.15) is 5.76 Å². The molecule has 0 fully saturated rings. The molecule has 0 spiro atoms. The Morgan fingerprint density at radius 3 is 2.53 bits per heavy atom. The molecular formula is C13H13NO. The minimum absolute atomic E-state index is 0.760.